The molecule has 0 aromatic heterocycles. The van der Waals surface area contributed by atoms with Crippen LogP contribution in [0.2, 0.25) is 0 Å². The third-order valence-electron chi connectivity index (χ3n) is 2.37. The fraction of sp³-hybridized carbons (Fsp3) is 0.417. The summed E-state index contributed by atoms with van der Waals surface area (Å²) in [6.45, 7) is 7.03. The molecule has 1 N–H and O–H groups in total. The van der Waals surface area contributed by atoms with Crippen molar-refractivity contribution in [2.75, 3.05) is 0 Å². The predicted molar refractivity (Wildman–Crippen MR) is 58.3 cm³/mol. The standard InChI is InChI=1S/C12H16O3/c1-8-5-6-10(7-9(8)2)15-12(3,4)11(13)14/h5-7H,1-4H3,(H,13,14). The number of carboxylic acid groups (broad SMARTS) is 1. The lowest BCUT2D eigenvalue weighted by Crippen LogP contribution is -2.37. The maximum Gasteiger partial charge on any atom is 0.347 e. The molecule has 1 aromatic rings. The third-order valence-corrected chi connectivity index (χ3v) is 2.37. The summed E-state index contributed by atoms with van der Waals surface area (Å²) in [5, 5.41) is 8.90. The number of carbonyl (C=O) groups is 1. The van der Waals surface area contributed by atoms with Crippen LogP contribution in [0, 0.1) is 13.8 Å². The van der Waals surface area contributed by atoms with Crippen LogP contribution in [0.5, 0.6) is 5.75 Å². The first kappa shape index (κ1) is 11.6. The minimum absolute atomic E-state index is 0.588. The van der Waals surface area contributed by atoms with Crippen LogP contribution in [0.25, 0.3) is 0 Å². The van der Waals surface area contributed by atoms with Crippen molar-refractivity contribution >= 4 is 5.97 Å². The van der Waals surface area contributed by atoms with Crippen LogP contribution in [-0.2, 0) is 4.79 Å². The molecule has 3 nitrogen and oxygen atoms in total. The van der Waals surface area contributed by atoms with E-state index in [1.807, 2.05) is 26.0 Å². The van der Waals surface area contributed by atoms with Gasteiger partial charge < -0.3 is 9.84 Å². The molecule has 0 amide bonds. The number of aliphatic carboxylic acids is 1. The highest BCUT2D eigenvalue weighted by molar-refractivity contribution is 5.76. The van der Waals surface area contributed by atoms with E-state index >= 15 is 0 Å². The Kier molecular flexibility index (Phi) is 3.03. The van der Waals surface area contributed by atoms with Crippen molar-refractivity contribution < 1.29 is 14.6 Å². The maximum absolute atomic E-state index is 10.9. The average molecular weight is 208 g/mol. The molecule has 0 spiro atoms. The Balaban J connectivity index is 2.91. The summed E-state index contributed by atoms with van der Waals surface area (Å²) < 4.78 is 5.40. The molecule has 1 rings (SSSR count). The molecule has 0 saturated carbocycles. The van der Waals surface area contributed by atoms with Crippen LogP contribution >= 0.6 is 0 Å². The highest BCUT2D eigenvalue weighted by atomic mass is 16.5. The Morgan fingerprint density at radius 1 is 1.27 bits per heavy atom. The molecule has 0 atom stereocenters. The van der Waals surface area contributed by atoms with Gasteiger partial charge in [0.2, 0.25) is 0 Å². The lowest BCUT2D eigenvalue weighted by atomic mass is 10.1. The van der Waals surface area contributed by atoms with Crippen LogP contribution in [0.1, 0.15) is 25.0 Å². The van der Waals surface area contributed by atoms with Crippen LogP contribution in [0.3, 0.4) is 0 Å². The number of rotatable bonds is 3. The van der Waals surface area contributed by atoms with Crippen molar-refractivity contribution in [1.82, 2.24) is 0 Å². The van der Waals surface area contributed by atoms with Gasteiger partial charge in [-0.3, -0.25) is 0 Å². The zero-order valence-corrected chi connectivity index (χ0v) is 9.50. The SMILES string of the molecule is Cc1ccc(OC(C)(C)C(=O)O)cc1C. The lowest BCUT2D eigenvalue weighted by Gasteiger charge is -2.21. The molecule has 0 radical (unpaired) electrons. The highest BCUT2D eigenvalue weighted by Gasteiger charge is 2.29. The summed E-state index contributed by atoms with van der Waals surface area (Å²) in [4.78, 5) is 10.9. The molecule has 3 heteroatoms. The van der Waals surface area contributed by atoms with E-state index in [-0.39, 0.29) is 0 Å². The summed E-state index contributed by atoms with van der Waals surface area (Å²) in [6, 6.07) is 5.55. The molecule has 0 unspecified atom stereocenters. The molecule has 0 saturated heterocycles. The molecule has 0 aliphatic rings. The van der Waals surface area contributed by atoms with E-state index in [0.29, 0.717) is 5.75 Å². The first-order valence-electron chi connectivity index (χ1n) is 4.82. The second-order valence-corrected chi connectivity index (χ2v) is 4.16. The van der Waals surface area contributed by atoms with Gasteiger partial charge >= 0.3 is 5.97 Å². The Bertz CT molecular complexity index is 380. The van der Waals surface area contributed by atoms with Gasteiger partial charge in [0, 0.05) is 0 Å². The van der Waals surface area contributed by atoms with Gasteiger partial charge in [-0.05, 0) is 51.0 Å². The second-order valence-electron chi connectivity index (χ2n) is 4.16. The Morgan fingerprint density at radius 3 is 2.33 bits per heavy atom. The molecule has 1 aromatic carbocycles. The summed E-state index contributed by atoms with van der Waals surface area (Å²) in [7, 11) is 0. The number of aryl methyl sites for hydroxylation is 2. The fourth-order valence-corrected chi connectivity index (χ4v) is 1.12. The number of hydrogen-bond donors (Lipinski definition) is 1. The molecule has 0 heterocycles. The van der Waals surface area contributed by atoms with E-state index in [1.54, 1.807) is 6.07 Å². The van der Waals surface area contributed by atoms with Crippen molar-refractivity contribution in [2.24, 2.45) is 0 Å². The molecular weight excluding hydrogens is 192 g/mol. The van der Waals surface area contributed by atoms with Gasteiger partial charge in [0.25, 0.3) is 0 Å². The van der Waals surface area contributed by atoms with E-state index in [9.17, 15) is 4.79 Å². The van der Waals surface area contributed by atoms with Crippen LogP contribution in [-0.4, -0.2) is 16.7 Å². The molecule has 15 heavy (non-hydrogen) atoms. The number of benzene rings is 1. The monoisotopic (exact) mass is 208 g/mol. The van der Waals surface area contributed by atoms with Crippen molar-refractivity contribution in [3.8, 4) is 5.75 Å². The Labute approximate surface area is 89.7 Å². The van der Waals surface area contributed by atoms with Gasteiger partial charge in [0.15, 0.2) is 5.60 Å². The second kappa shape index (κ2) is 3.93. The minimum Gasteiger partial charge on any atom is -0.478 e. The van der Waals surface area contributed by atoms with E-state index in [1.165, 1.54) is 13.8 Å². The first-order chi connectivity index (χ1) is 6.83. The van der Waals surface area contributed by atoms with E-state index in [2.05, 4.69) is 0 Å². The van der Waals surface area contributed by atoms with Gasteiger partial charge in [0.1, 0.15) is 5.75 Å². The number of ether oxygens (including phenoxy) is 1. The van der Waals surface area contributed by atoms with Crippen LogP contribution < -0.4 is 4.74 Å². The van der Waals surface area contributed by atoms with Crippen LogP contribution in [0.15, 0.2) is 18.2 Å². The van der Waals surface area contributed by atoms with E-state index in [0.717, 1.165) is 11.1 Å². The first-order valence-corrected chi connectivity index (χ1v) is 4.82. The predicted octanol–water partition coefficient (Wildman–Crippen LogP) is 2.55. The third kappa shape index (κ3) is 2.72. The Hall–Kier alpha value is -1.51. The highest BCUT2D eigenvalue weighted by Crippen LogP contribution is 2.21. The number of hydrogen-bond acceptors (Lipinski definition) is 2. The molecular formula is C12H16O3. The molecule has 0 fully saturated rings. The Morgan fingerprint density at radius 2 is 1.87 bits per heavy atom. The van der Waals surface area contributed by atoms with Crippen molar-refractivity contribution in [1.29, 1.82) is 0 Å². The van der Waals surface area contributed by atoms with Gasteiger partial charge in [0.05, 0.1) is 0 Å². The number of carboxylic acids is 1. The van der Waals surface area contributed by atoms with Crippen LogP contribution in [0.4, 0.5) is 0 Å². The summed E-state index contributed by atoms with van der Waals surface area (Å²) in [6.07, 6.45) is 0. The van der Waals surface area contributed by atoms with Crippen molar-refractivity contribution in [3.63, 3.8) is 0 Å². The molecule has 0 aliphatic heterocycles. The van der Waals surface area contributed by atoms with Gasteiger partial charge in [-0.25, -0.2) is 4.79 Å². The molecule has 0 aliphatic carbocycles. The summed E-state index contributed by atoms with van der Waals surface area (Å²) in [5.74, 6) is -0.383. The van der Waals surface area contributed by atoms with Crippen molar-refractivity contribution in [3.05, 3.63) is 29.3 Å². The average Bonchev–Trinajstić information content (AvgIpc) is 2.10. The fourth-order valence-electron chi connectivity index (χ4n) is 1.12. The summed E-state index contributed by atoms with van der Waals surface area (Å²) in [5.41, 5.74) is 1.06. The van der Waals surface area contributed by atoms with Crippen molar-refractivity contribution in [2.45, 2.75) is 33.3 Å². The lowest BCUT2D eigenvalue weighted by molar-refractivity contribution is -0.152. The van der Waals surface area contributed by atoms with E-state index in [4.69, 9.17) is 9.84 Å². The minimum atomic E-state index is -1.19. The largest absolute Gasteiger partial charge is 0.478 e. The topological polar surface area (TPSA) is 46.5 Å². The molecule has 0 bridgehead atoms. The quantitative estimate of drug-likeness (QED) is 0.830. The van der Waals surface area contributed by atoms with Gasteiger partial charge in [-0.1, -0.05) is 6.07 Å². The maximum atomic E-state index is 10.9. The zero-order chi connectivity index (χ0) is 11.6. The normalized spacial score (nSPS) is 11.2. The summed E-state index contributed by atoms with van der Waals surface area (Å²) >= 11 is 0. The smallest absolute Gasteiger partial charge is 0.347 e. The molecule has 82 valence electrons. The van der Waals surface area contributed by atoms with E-state index < -0.39 is 11.6 Å². The van der Waals surface area contributed by atoms with Gasteiger partial charge in [-0.15, -0.1) is 0 Å². The zero-order valence-electron chi connectivity index (χ0n) is 9.50. The van der Waals surface area contributed by atoms with Gasteiger partial charge in [-0.2, -0.15) is 0 Å².